The van der Waals surface area contributed by atoms with Crippen LogP contribution in [-0.4, -0.2) is 38.0 Å². The zero-order chi connectivity index (χ0) is 16.4. The zero-order valence-corrected chi connectivity index (χ0v) is 13.3. The number of anilines is 2. The number of hydrogen-bond acceptors (Lipinski definition) is 7. The zero-order valence-electron chi connectivity index (χ0n) is 13.3. The lowest BCUT2D eigenvalue weighted by Gasteiger charge is -2.27. The maximum Gasteiger partial charge on any atom is 0.248 e. The fourth-order valence-electron chi connectivity index (χ4n) is 2.87. The van der Waals surface area contributed by atoms with Crippen molar-refractivity contribution < 1.29 is 4.52 Å². The molecule has 0 aromatic carbocycles. The van der Waals surface area contributed by atoms with Crippen molar-refractivity contribution in [2.24, 2.45) is 0 Å². The van der Waals surface area contributed by atoms with Crippen LogP contribution in [0.25, 0.3) is 11.4 Å². The molecule has 0 spiro atoms. The Morgan fingerprint density at radius 1 is 1.12 bits per heavy atom. The molecule has 0 saturated carbocycles. The molecule has 0 radical (unpaired) electrons. The first kappa shape index (κ1) is 14.7. The largest absolute Gasteiger partial charge is 0.384 e. The van der Waals surface area contributed by atoms with Crippen molar-refractivity contribution in [2.75, 3.05) is 23.7 Å². The lowest BCUT2D eigenvalue weighted by molar-refractivity contribution is 0.367. The Hall–Kier alpha value is -2.90. The highest BCUT2D eigenvalue weighted by molar-refractivity contribution is 5.55. The topological polar surface area (TPSA) is 98.9 Å². The monoisotopic (exact) mass is 325 g/mol. The molecule has 0 atom stereocenters. The van der Waals surface area contributed by atoms with Gasteiger partial charge in [-0.15, -0.1) is 0 Å². The molecular weight excluding hydrogens is 306 g/mol. The lowest BCUT2D eigenvalue weighted by atomic mass is 10.1. The standard InChI is InChI=1S/C16H19N7O/c17-13-6-7-19-23(13)11-15-20-16(21-24-15)12-4-5-14(18-10-12)22-8-2-1-3-9-22/h4-7,10H,1-3,8-9,11,17H2. The van der Waals surface area contributed by atoms with Gasteiger partial charge < -0.3 is 15.2 Å². The summed E-state index contributed by atoms with van der Waals surface area (Å²) in [5, 5.41) is 8.12. The van der Waals surface area contributed by atoms with Crippen LogP contribution in [-0.2, 0) is 6.54 Å². The molecule has 8 heteroatoms. The molecule has 4 rings (SSSR count). The fraction of sp³-hybridized carbons (Fsp3) is 0.375. The van der Waals surface area contributed by atoms with E-state index in [2.05, 4.69) is 25.1 Å². The molecule has 0 bridgehead atoms. The van der Waals surface area contributed by atoms with Gasteiger partial charge in [0.2, 0.25) is 11.7 Å². The van der Waals surface area contributed by atoms with Gasteiger partial charge in [0, 0.05) is 24.8 Å². The van der Waals surface area contributed by atoms with Crippen molar-refractivity contribution >= 4 is 11.6 Å². The quantitative estimate of drug-likeness (QED) is 0.782. The highest BCUT2D eigenvalue weighted by Gasteiger charge is 2.14. The molecule has 0 aliphatic carbocycles. The minimum absolute atomic E-state index is 0.352. The number of pyridine rings is 1. The summed E-state index contributed by atoms with van der Waals surface area (Å²) < 4.78 is 6.88. The van der Waals surface area contributed by atoms with Gasteiger partial charge in [-0.1, -0.05) is 5.16 Å². The van der Waals surface area contributed by atoms with Crippen LogP contribution in [0.1, 0.15) is 25.2 Å². The molecule has 124 valence electrons. The summed E-state index contributed by atoms with van der Waals surface area (Å²) in [7, 11) is 0. The first-order valence-electron chi connectivity index (χ1n) is 8.11. The van der Waals surface area contributed by atoms with Crippen LogP contribution in [0.2, 0.25) is 0 Å². The predicted molar refractivity (Wildman–Crippen MR) is 89.3 cm³/mol. The number of rotatable bonds is 4. The van der Waals surface area contributed by atoms with Gasteiger partial charge in [-0.2, -0.15) is 10.1 Å². The van der Waals surface area contributed by atoms with E-state index < -0.39 is 0 Å². The summed E-state index contributed by atoms with van der Waals surface area (Å²) >= 11 is 0. The molecule has 8 nitrogen and oxygen atoms in total. The summed E-state index contributed by atoms with van der Waals surface area (Å²) in [6.07, 6.45) is 7.19. The molecule has 0 unspecified atom stereocenters. The molecule has 1 aliphatic rings. The van der Waals surface area contributed by atoms with Crippen molar-refractivity contribution in [3.63, 3.8) is 0 Å². The van der Waals surface area contributed by atoms with E-state index in [4.69, 9.17) is 10.3 Å². The molecule has 1 saturated heterocycles. The van der Waals surface area contributed by atoms with Gasteiger partial charge in [-0.25, -0.2) is 9.67 Å². The van der Waals surface area contributed by atoms with E-state index >= 15 is 0 Å². The first-order valence-corrected chi connectivity index (χ1v) is 8.11. The van der Waals surface area contributed by atoms with E-state index in [1.807, 2.05) is 12.1 Å². The molecular formula is C16H19N7O. The number of piperidine rings is 1. The van der Waals surface area contributed by atoms with Crippen LogP contribution in [0.4, 0.5) is 11.6 Å². The van der Waals surface area contributed by atoms with Crippen LogP contribution in [0, 0.1) is 0 Å². The van der Waals surface area contributed by atoms with E-state index in [-0.39, 0.29) is 0 Å². The summed E-state index contributed by atoms with van der Waals surface area (Å²) in [5.41, 5.74) is 6.62. The van der Waals surface area contributed by atoms with Gasteiger partial charge in [-0.3, -0.25) is 0 Å². The lowest BCUT2D eigenvalue weighted by Crippen LogP contribution is -2.29. The summed E-state index contributed by atoms with van der Waals surface area (Å²) in [4.78, 5) is 11.3. The second kappa shape index (κ2) is 6.31. The number of hydrogen-bond donors (Lipinski definition) is 1. The smallest absolute Gasteiger partial charge is 0.248 e. The Balaban J connectivity index is 1.49. The number of aromatic nitrogens is 5. The number of nitrogen functional groups attached to an aromatic ring is 1. The molecule has 3 aromatic rings. The SMILES string of the molecule is Nc1ccnn1Cc1nc(-c2ccc(N3CCCCC3)nc2)no1. The summed E-state index contributed by atoms with van der Waals surface area (Å²) in [6, 6.07) is 5.72. The molecule has 0 amide bonds. The second-order valence-electron chi connectivity index (χ2n) is 5.88. The molecule has 1 aliphatic heterocycles. The van der Waals surface area contributed by atoms with Gasteiger partial charge in [0.25, 0.3) is 0 Å². The van der Waals surface area contributed by atoms with E-state index in [0.717, 1.165) is 24.5 Å². The van der Waals surface area contributed by atoms with Crippen molar-refractivity contribution in [1.29, 1.82) is 0 Å². The van der Waals surface area contributed by atoms with Crippen LogP contribution < -0.4 is 10.6 Å². The number of nitrogens with zero attached hydrogens (tertiary/aromatic N) is 6. The van der Waals surface area contributed by atoms with Crippen molar-refractivity contribution in [1.82, 2.24) is 24.9 Å². The summed E-state index contributed by atoms with van der Waals surface area (Å²) in [6.45, 7) is 2.50. The first-order chi connectivity index (χ1) is 11.8. The number of nitrogens with two attached hydrogens (primary N) is 1. The van der Waals surface area contributed by atoms with Crippen LogP contribution in [0.15, 0.2) is 35.1 Å². The van der Waals surface area contributed by atoms with Gasteiger partial charge in [0.15, 0.2) is 0 Å². The van der Waals surface area contributed by atoms with Gasteiger partial charge >= 0.3 is 0 Å². The molecule has 1 fully saturated rings. The van der Waals surface area contributed by atoms with E-state index in [9.17, 15) is 0 Å². The van der Waals surface area contributed by atoms with E-state index in [0.29, 0.717) is 24.1 Å². The minimum atomic E-state index is 0.352. The third-order valence-corrected chi connectivity index (χ3v) is 4.19. The van der Waals surface area contributed by atoms with Crippen LogP contribution in [0.3, 0.4) is 0 Å². The Labute approximate surface area is 139 Å². The third kappa shape index (κ3) is 2.94. The second-order valence-corrected chi connectivity index (χ2v) is 5.88. The average Bonchev–Trinajstić information content (AvgIpc) is 3.26. The van der Waals surface area contributed by atoms with Crippen molar-refractivity contribution in [3.8, 4) is 11.4 Å². The molecule has 4 heterocycles. The van der Waals surface area contributed by atoms with Gasteiger partial charge in [0.05, 0.1) is 6.20 Å². The van der Waals surface area contributed by atoms with Crippen molar-refractivity contribution in [3.05, 3.63) is 36.5 Å². The fourth-order valence-corrected chi connectivity index (χ4v) is 2.87. The Kier molecular flexibility index (Phi) is 3.86. The van der Waals surface area contributed by atoms with Gasteiger partial charge in [-0.05, 0) is 37.5 Å². The van der Waals surface area contributed by atoms with Crippen LogP contribution in [0.5, 0.6) is 0 Å². The maximum atomic E-state index is 5.79. The highest BCUT2D eigenvalue weighted by Crippen LogP contribution is 2.21. The predicted octanol–water partition coefficient (Wildman–Crippen LogP) is 1.95. The van der Waals surface area contributed by atoms with Gasteiger partial charge in [0.1, 0.15) is 18.2 Å². The minimum Gasteiger partial charge on any atom is -0.384 e. The molecule has 3 aromatic heterocycles. The van der Waals surface area contributed by atoms with E-state index in [1.165, 1.54) is 19.3 Å². The Morgan fingerprint density at radius 2 is 2.00 bits per heavy atom. The molecule has 24 heavy (non-hydrogen) atoms. The third-order valence-electron chi connectivity index (χ3n) is 4.19. The van der Waals surface area contributed by atoms with Crippen LogP contribution >= 0.6 is 0 Å². The summed E-state index contributed by atoms with van der Waals surface area (Å²) in [5.74, 6) is 2.54. The Morgan fingerprint density at radius 3 is 2.71 bits per heavy atom. The van der Waals surface area contributed by atoms with Crippen molar-refractivity contribution in [2.45, 2.75) is 25.8 Å². The average molecular weight is 325 g/mol. The maximum absolute atomic E-state index is 5.79. The van der Waals surface area contributed by atoms with E-state index in [1.54, 1.807) is 23.1 Å². The molecule has 2 N–H and O–H groups in total. The highest BCUT2D eigenvalue weighted by atomic mass is 16.5. The Bertz CT molecular complexity index is 802. The normalized spacial score (nSPS) is 14.9.